The van der Waals surface area contributed by atoms with E-state index in [1.165, 1.54) is 12.1 Å². The van der Waals surface area contributed by atoms with E-state index < -0.39 is 5.41 Å². The lowest BCUT2D eigenvalue weighted by atomic mass is 9.78. The van der Waals surface area contributed by atoms with Crippen molar-refractivity contribution in [3.05, 3.63) is 35.6 Å². The van der Waals surface area contributed by atoms with Gasteiger partial charge in [0.1, 0.15) is 5.82 Å². The predicted octanol–water partition coefficient (Wildman–Crippen LogP) is 4.89. The molecular formula is C16H21Cl2FO. The first-order valence-electron chi connectivity index (χ1n) is 6.97. The Bertz CT molecular complexity index is 458. The predicted molar refractivity (Wildman–Crippen MR) is 82.3 cm³/mol. The zero-order valence-corrected chi connectivity index (χ0v) is 13.5. The van der Waals surface area contributed by atoms with Crippen LogP contribution in [0.5, 0.6) is 0 Å². The fourth-order valence-electron chi connectivity index (χ4n) is 2.89. The van der Waals surface area contributed by atoms with Crippen molar-refractivity contribution in [2.75, 3.05) is 11.8 Å². The van der Waals surface area contributed by atoms with Crippen LogP contribution in [0.25, 0.3) is 0 Å². The Morgan fingerprint density at radius 2 is 2.05 bits per heavy atom. The van der Waals surface area contributed by atoms with Crippen LogP contribution in [0.15, 0.2) is 24.3 Å². The van der Waals surface area contributed by atoms with E-state index in [0.717, 1.165) is 24.8 Å². The fraction of sp³-hybridized carbons (Fsp3) is 0.625. The third kappa shape index (κ3) is 3.47. The number of ether oxygens (including phenoxy) is 1. The van der Waals surface area contributed by atoms with Crippen molar-refractivity contribution in [2.24, 2.45) is 0 Å². The summed E-state index contributed by atoms with van der Waals surface area (Å²) in [6.45, 7) is 4.19. The molecule has 0 radical (unpaired) electrons. The van der Waals surface area contributed by atoms with Crippen LogP contribution in [0.1, 0.15) is 38.7 Å². The van der Waals surface area contributed by atoms with Crippen LogP contribution in [-0.4, -0.2) is 23.5 Å². The van der Waals surface area contributed by atoms with E-state index in [0.29, 0.717) is 11.8 Å². The van der Waals surface area contributed by atoms with E-state index in [-0.39, 0.29) is 17.5 Å². The summed E-state index contributed by atoms with van der Waals surface area (Å²) in [6, 6.07) is 6.57. The standard InChI is InChI=1S/C16H21Cl2FO/c1-15(2)7-6-14(20-15)9-16(10-17,11-18)12-4-3-5-13(19)8-12/h3-5,8,14H,6-7,9-11H2,1-2H3. The van der Waals surface area contributed by atoms with Crippen molar-refractivity contribution in [3.63, 3.8) is 0 Å². The third-order valence-corrected chi connectivity index (χ3v) is 5.14. The van der Waals surface area contributed by atoms with Crippen LogP contribution in [0.3, 0.4) is 0 Å². The van der Waals surface area contributed by atoms with Gasteiger partial charge in [-0.2, -0.15) is 0 Å². The minimum Gasteiger partial charge on any atom is -0.372 e. The smallest absolute Gasteiger partial charge is 0.123 e. The van der Waals surface area contributed by atoms with Crippen LogP contribution in [0.4, 0.5) is 4.39 Å². The summed E-state index contributed by atoms with van der Waals surface area (Å²) in [6.07, 6.45) is 2.89. The Labute approximate surface area is 130 Å². The minimum absolute atomic E-state index is 0.0863. The Morgan fingerprint density at radius 1 is 1.35 bits per heavy atom. The molecule has 112 valence electrons. The van der Waals surface area contributed by atoms with Gasteiger partial charge in [-0.25, -0.2) is 4.39 Å². The molecule has 1 unspecified atom stereocenters. The second-order valence-electron chi connectivity index (χ2n) is 6.30. The maximum Gasteiger partial charge on any atom is 0.123 e. The molecule has 0 bridgehead atoms. The summed E-state index contributed by atoms with van der Waals surface area (Å²) in [5.41, 5.74) is 0.337. The SMILES string of the molecule is CC1(C)CCC(CC(CCl)(CCl)c2cccc(F)c2)O1. The van der Waals surface area contributed by atoms with Gasteiger partial charge in [-0.05, 0) is 50.8 Å². The number of halogens is 3. The number of hydrogen-bond acceptors (Lipinski definition) is 1. The van der Waals surface area contributed by atoms with Gasteiger partial charge >= 0.3 is 0 Å². The first-order chi connectivity index (χ1) is 9.41. The largest absolute Gasteiger partial charge is 0.372 e. The Hall–Kier alpha value is -0.310. The molecule has 1 atom stereocenters. The van der Waals surface area contributed by atoms with Crippen LogP contribution >= 0.6 is 23.2 Å². The Balaban J connectivity index is 2.22. The molecule has 2 rings (SSSR count). The van der Waals surface area contributed by atoms with Gasteiger partial charge in [0.15, 0.2) is 0 Å². The van der Waals surface area contributed by atoms with Crippen molar-refractivity contribution in [3.8, 4) is 0 Å². The van der Waals surface area contributed by atoms with Crippen LogP contribution in [-0.2, 0) is 10.2 Å². The normalized spacial score (nSPS) is 22.1. The quantitative estimate of drug-likeness (QED) is 0.702. The maximum absolute atomic E-state index is 13.5. The van der Waals surface area contributed by atoms with Gasteiger partial charge in [-0.15, -0.1) is 23.2 Å². The Morgan fingerprint density at radius 3 is 2.55 bits per heavy atom. The topological polar surface area (TPSA) is 9.23 Å². The van der Waals surface area contributed by atoms with Crippen molar-refractivity contribution in [2.45, 2.75) is 50.2 Å². The van der Waals surface area contributed by atoms with E-state index in [1.54, 1.807) is 6.07 Å². The molecule has 1 aliphatic rings. The van der Waals surface area contributed by atoms with Gasteiger partial charge < -0.3 is 4.74 Å². The third-order valence-electron chi connectivity index (χ3n) is 4.12. The molecule has 0 N–H and O–H groups in total. The van der Waals surface area contributed by atoms with Crippen molar-refractivity contribution >= 4 is 23.2 Å². The summed E-state index contributed by atoms with van der Waals surface area (Å²) in [5, 5.41) is 0. The molecule has 1 aliphatic heterocycles. The molecule has 0 spiro atoms. The molecule has 1 aromatic carbocycles. The zero-order chi connectivity index (χ0) is 14.8. The summed E-state index contributed by atoms with van der Waals surface area (Å²) in [7, 11) is 0. The van der Waals surface area contributed by atoms with Crippen LogP contribution in [0.2, 0.25) is 0 Å². The molecule has 0 aliphatic carbocycles. The van der Waals surface area contributed by atoms with Gasteiger partial charge in [-0.3, -0.25) is 0 Å². The average molecular weight is 319 g/mol. The van der Waals surface area contributed by atoms with E-state index in [4.69, 9.17) is 27.9 Å². The van der Waals surface area contributed by atoms with Gasteiger partial charge in [-0.1, -0.05) is 12.1 Å². The van der Waals surface area contributed by atoms with Gasteiger partial charge in [0.05, 0.1) is 11.7 Å². The molecule has 1 aromatic rings. The Kier molecular flexibility index (Phi) is 4.99. The maximum atomic E-state index is 13.5. The van der Waals surface area contributed by atoms with E-state index in [1.807, 2.05) is 6.07 Å². The van der Waals surface area contributed by atoms with Crippen LogP contribution in [0, 0.1) is 5.82 Å². The second-order valence-corrected chi connectivity index (χ2v) is 6.83. The van der Waals surface area contributed by atoms with E-state index >= 15 is 0 Å². The van der Waals surface area contributed by atoms with Crippen molar-refractivity contribution in [1.82, 2.24) is 0 Å². The van der Waals surface area contributed by atoms with Gasteiger partial charge in [0, 0.05) is 17.2 Å². The first-order valence-corrected chi connectivity index (χ1v) is 8.03. The molecule has 1 nitrogen and oxygen atoms in total. The molecule has 0 saturated carbocycles. The van der Waals surface area contributed by atoms with Gasteiger partial charge in [0.2, 0.25) is 0 Å². The average Bonchev–Trinajstić information content (AvgIpc) is 2.75. The van der Waals surface area contributed by atoms with E-state index in [2.05, 4.69) is 13.8 Å². The van der Waals surface area contributed by atoms with Crippen molar-refractivity contribution < 1.29 is 9.13 Å². The highest BCUT2D eigenvalue weighted by molar-refractivity contribution is 6.22. The zero-order valence-electron chi connectivity index (χ0n) is 12.0. The summed E-state index contributed by atoms with van der Waals surface area (Å²) in [4.78, 5) is 0. The number of hydrogen-bond donors (Lipinski definition) is 0. The highest BCUT2D eigenvalue weighted by Crippen LogP contribution is 2.39. The first kappa shape index (κ1) is 16.1. The van der Waals surface area contributed by atoms with E-state index in [9.17, 15) is 4.39 Å². The molecule has 0 aromatic heterocycles. The molecule has 1 saturated heterocycles. The lowest BCUT2D eigenvalue weighted by Crippen LogP contribution is -2.36. The summed E-state index contributed by atoms with van der Waals surface area (Å²) < 4.78 is 19.5. The summed E-state index contributed by atoms with van der Waals surface area (Å²) >= 11 is 12.4. The number of rotatable bonds is 5. The van der Waals surface area contributed by atoms with Crippen LogP contribution < -0.4 is 0 Å². The monoisotopic (exact) mass is 318 g/mol. The molecule has 1 heterocycles. The molecule has 1 fully saturated rings. The minimum atomic E-state index is -0.434. The van der Waals surface area contributed by atoms with Gasteiger partial charge in [0.25, 0.3) is 0 Å². The number of alkyl halides is 2. The lowest BCUT2D eigenvalue weighted by molar-refractivity contribution is -0.0250. The number of benzene rings is 1. The second kappa shape index (κ2) is 6.21. The molecular weight excluding hydrogens is 298 g/mol. The van der Waals surface area contributed by atoms with Crippen molar-refractivity contribution in [1.29, 1.82) is 0 Å². The summed E-state index contributed by atoms with van der Waals surface area (Å²) in [5.74, 6) is 0.468. The highest BCUT2D eigenvalue weighted by atomic mass is 35.5. The lowest BCUT2D eigenvalue weighted by Gasteiger charge is -2.33. The fourth-order valence-corrected chi connectivity index (χ4v) is 3.71. The molecule has 4 heteroatoms. The highest BCUT2D eigenvalue weighted by Gasteiger charge is 2.39. The molecule has 0 amide bonds. The molecule has 20 heavy (non-hydrogen) atoms.